The molecule has 2 unspecified atom stereocenters. The highest BCUT2D eigenvalue weighted by Crippen LogP contribution is 2.44. The summed E-state index contributed by atoms with van der Waals surface area (Å²) in [6.45, 7) is 0. The Hall–Kier alpha value is -4.90. The van der Waals surface area contributed by atoms with Crippen LogP contribution in [-0.4, -0.2) is 7.85 Å². The molecular weight excluding hydrogens is 503 g/mol. The maximum absolute atomic E-state index is 6.54. The molecule has 2 N–H and O–H groups in total. The Balaban J connectivity index is 1.28. The van der Waals surface area contributed by atoms with Gasteiger partial charge in [0.2, 0.25) is 5.88 Å². The van der Waals surface area contributed by atoms with Gasteiger partial charge in [-0.25, -0.2) is 0 Å². The fourth-order valence-corrected chi connectivity index (χ4v) is 6.54. The van der Waals surface area contributed by atoms with Gasteiger partial charge >= 0.3 is 0 Å². The topological polar surface area (TPSA) is 50.3 Å². The molecule has 0 radical (unpaired) electrons. The number of allylic oxidation sites excluding steroid dienone is 6. The Morgan fingerprint density at radius 1 is 0.659 bits per heavy atom. The van der Waals surface area contributed by atoms with Gasteiger partial charge in [-0.2, -0.15) is 0 Å². The second kappa shape index (κ2) is 9.63. The van der Waals surface area contributed by atoms with Crippen LogP contribution >= 0.6 is 0 Å². The van der Waals surface area contributed by atoms with Gasteiger partial charge in [0.1, 0.15) is 16.9 Å². The summed E-state index contributed by atoms with van der Waals surface area (Å²) in [5.41, 5.74) is 8.00. The number of para-hydroxylation sites is 2. The minimum atomic E-state index is 0.518. The third-order valence-electron chi connectivity index (χ3n) is 8.56. The summed E-state index contributed by atoms with van der Waals surface area (Å²) in [5, 5.41) is 12.0. The largest absolute Gasteiger partial charge is 0.471 e. The lowest BCUT2D eigenvalue weighted by Crippen LogP contribution is -2.19. The molecule has 0 aliphatic heterocycles. The van der Waals surface area contributed by atoms with Crippen LogP contribution in [0.25, 0.3) is 43.8 Å². The molecule has 5 heteroatoms. The summed E-state index contributed by atoms with van der Waals surface area (Å²) in [4.78, 5) is 0. The lowest BCUT2D eigenvalue weighted by Gasteiger charge is -2.29. The van der Waals surface area contributed by atoms with Crippen LogP contribution in [0.5, 0.6) is 0 Å². The molecule has 4 nitrogen and oxygen atoms in total. The van der Waals surface area contributed by atoms with E-state index >= 15 is 0 Å². The third kappa shape index (κ3) is 4.08. The first-order chi connectivity index (χ1) is 20.2. The normalized spacial score (nSPS) is 18.1. The van der Waals surface area contributed by atoms with E-state index < -0.39 is 0 Å². The highest BCUT2D eigenvalue weighted by Gasteiger charge is 2.26. The molecular formula is C36H29BN2O2. The summed E-state index contributed by atoms with van der Waals surface area (Å²) in [7, 11) is 2.04. The van der Waals surface area contributed by atoms with E-state index in [0.717, 1.165) is 73.7 Å². The van der Waals surface area contributed by atoms with E-state index in [0.29, 0.717) is 17.7 Å². The van der Waals surface area contributed by atoms with Crippen LogP contribution in [0, 0.1) is 11.8 Å². The first-order valence-corrected chi connectivity index (χ1v) is 14.3. The molecule has 0 fully saturated rings. The quantitative estimate of drug-likeness (QED) is 0.219. The predicted molar refractivity (Wildman–Crippen MR) is 173 cm³/mol. The summed E-state index contributed by atoms with van der Waals surface area (Å²) < 4.78 is 12.7. The van der Waals surface area contributed by atoms with Gasteiger partial charge in [0.15, 0.2) is 7.85 Å². The zero-order valence-corrected chi connectivity index (χ0v) is 22.9. The van der Waals surface area contributed by atoms with E-state index in [-0.39, 0.29) is 0 Å². The number of hydrogen-bond donors (Lipinski definition) is 2. The Bertz CT molecular complexity index is 2040. The molecule has 8 rings (SSSR count). The maximum atomic E-state index is 6.54. The number of nitrogens with one attached hydrogen (secondary N) is 2. The molecule has 4 aromatic carbocycles. The summed E-state index contributed by atoms with van der Waals surface area (Å²) in [6, 6.07) is 29.3. The van der Waals surface area contributed by atoms with Crippen LogP contribution in [0.3, 0.4) is 0 Å². The van der Waals surface area contributed by atoms with E-state index in [1.165, 1.54) is 5.70 Å². The van der Waals surface area contributed by atoms with Gasteiger partial charge in [-0.15, -0.1) is 0 Å². The fourth-order valence-electron chi connectivity index (χ4n) is 6.54. The summed E-state index contributed by atoms with van der Waals surface area (Å²) >= 11 is 0. The molecule has 198 valence electrons. The van der Waals surface area contributed by atoms with Crippen molar-refractivity contribution in [3.05, 3.63) is 121 Å². The highest BCUT2D eigenvalue weighted by molar-refractivity contribution is 6.36. The predicted octanol–water partition coefficient (Wildman–Crippen LogP) is 8.45. The van der Waals surface area contributed by atoms with Gasteiger partial charge in [-0.1, -0.05) is 97.1 Å². The van der Waals surface area contributed by atoms with Crippen LogP contribution in [0.15, 0.2) is 130 Å². The van der Waals surface area contributed by atoms with Crippen molar-refractivity contribution in [1.82, 2.24) is 0 Å². The van der Waals surface area contributed by atoms with Gasteiger partial charge < -0.3 is 19.5 Å². The SMILES string of the molecule is Bc1oc2ccccc2c1-c1ccc2ccccc2c1Nc1oc2ccccc2c1NC1=CCC2C=CC=CC2C1. The molecule has 0 bridgehead atoms. The molecule has 2 aromatic heterocycles. The van der Waals surface area contributed by atoms with Crippen LogP contribution in [-0.2, 0) is 0 Å². The van der Waals surface area contributed by atoms with E-state index in [4.69, 9.17) is 8.83 Å². The summed E-state index contributed by atoms with van der Waals surface area (Å²) in [5.74, 6) is 1.80. The Morgan fingerprint density at radius 3 is 2.22 bits per heavy atom. The van der Waals surface area contributed by atoms with Crippen LogP contribution in [0.1, 0.15) is 12.8 Å². The Kier molecular flexibility index (Phi) is 5.63. The molecule has 2 heterocycles. The minimum Gasteiger partial charge on any atom is -0.471 e. The van der Waals surface area contributed by atoms with Crippen molar-refractivity contribution in [2.45, 2.75) is 12.8 Å². The molecule has 41 heavy (non-hydrogen) atoms. The molecule has 2 atom stereocenters. The Labute approximate surface area is 239 Å². The third-order valence-corrected chi connectivity index (χ3v) is 8.56. The van der Waals surface area contributed by atoms with Crippen LogP contribution in [0.4, 0.5) is 17.3 Å². The average Bonchev–Trinajstić information content (AvgIpc) is 3.53. The van der Waals surface area contributed by atoms with Crippen molar-refractivity contribution in [2.24, 2.45) is 11.8 Å². The molecule has 2 aliphatic carbocycles. The zero-order chi connectivity index (χ0) is 27.3. The van der Waals surface area contributed by atoms with Crippen LogP contribution in [0.2, 0.25) is 0 Å². The molecule has 0 saturated carbocycles. The molecule has 0 saturated heterocycles. The van der Waals surface area contributed by atoms with Gasteiger partial charge in [-0.05, 0) is 48.3 Å². The zero-order valence-electron chi connectivity index (χ0n) is 22.9. The number of furan rings is 2. The smallest absolute Gasteiger partial charge is 0.222 e. The maximum Gasteiger partial charge on any atom is 0.222 e. The number of anilines is 3. The van der Waals surface area contributed by atoms with Gasteiger partial charge in [0.05, 0.1) is 11.3 Å². The van der Waals surface area contributed by atoms with E-state index in [1.807, 2.05) is 32.1 Å². The minimum absolute atomic E-state index is 0.518. The van der Waals surface area contributed by atoms with Gasteiger partial charge in [0.25, 0.3) is 0 Å². The van der Waals surface area contributed by atoms with Crippen molar-refractivity contribution in [2.75, 3.05) is 10.6 Å². The van der Waals surface area contributed by atoms with Crippen molar-refractivity contribution in [3.8, 4) is 11.1 Å². The van der Waals surface area contributed by atoms with E-state index in [2.05, 4.69) is 102 Å². The van der Waals surface area contributed by atoms with Crippen molar-refractivity contribution < 1.29 is 8.83 Å². The van der Waals surface area contributed by atoms with E-state index in [1.54, 1.807) is 0 Å². The van der Waals surface area contributed by atoms with Crippen molar-refractivity contribution >= 4 is 63.5 Å². The highest BCUT2D eigenvalue weighted by atomic mass is 16.4. The first-order valence-electron chi connectivity index (χ1n) is 14.3. The van der Waals surface area contributed by atoms with Crippen molar-refractivity contribution in [3.63, 3.8) is 0 Å². The molecule has 0 amide bonds. The standard InChI is InChI=1S/C36H29BN2O2/c37-35-32(27-13-5-7-15-30(27)40-35)29-20-18-23-10-3-4-12-26(23)33(29)39-36-34(28-14-6-8-16-31(28)41-36)38-25-19-17-22-9-1-2-11-24(22)21-25/h1-16,18-20,22,24,38-39H,17,21,37H2. The second-order valence-corrected chi connectivity index (χ2v) is 11.1. The fraction of sp³-hybridized carbons (Fsp3) is 0.111. The monoisotopic (exact) mass is 532 g/mol. The molecule has 0 spiro atoms. The lowest BCUT2D eigenvalue weighted by atomic mass is 9.79. The lowest BCUT2D eigenvalue weighted by molar-refractivity contribution is 0.448. The van der Waals surface area contributed by atoms with E-state index in [9.17, 15) is 0 Å². The number of hydrogen-bond acceptors (Lipinski definition) is 4. The first kappa shape index (κ1) is 23.9. The molecule has 6 aromatic rings. The number of fused-ring (bicyclic) bond motifs is 4. The van der Waals surface area contributed by atoms with Gasteiger partial charge in [-0.3, -0.25) is 0 Å². The van der Waals surface area contributed by atoms with Gasteiger partial charge in [0, 0.05) is 33.0 Å². The van der Waals surface area contributed by atoms with Crippen LogP contribution < -0.4 is 16.3 Å². The average molecular weight is 532 g/mol. The van der Waals surface area contributed by atoms with Crippen molar-refractivity contribution in [1.29, 1.82) is 0 Å². The second-order valence-electron chi connectivity index (χ2n) is 11.1. The molecule has 2 aliphatic rings. The summed E-state index contributed by atoms with van der Waals surface area (Å²) in [6.07, 6.45) is 13.4. The number of rotatable bonds is 5. The Morgan fingerprint density at radius 2 is 1.37 bits per heavy atom. The number of benzene rings is 4.